The van der Waals surface area contributed by atoms with Crippen molar-refractivity contribution in [2.45, 2.75) is 38.6 Å². The molecule has 0 bridgehead atoms. The van der Waals surface area contributed by atoms with Crippen LogP contribution in [0.15, 0.2) is 16.7 Å². The molecule has 1 saturated carbocycles. The molecule has 1 heterocycles. The SMILES string of the molecule is Cc1ccnc(NC2CCC(C(=O)O)CC2)c1Br. The minimum atomic E-state index is -0.664. The van der Waals surface area contributed by atoms with Gasteiger partial charge in [-0.3, -0.25) is 4.79 Å². The number of anilines is 1. The Bertz CT molecular complexity index is 443. The smallest absolute Gasteiger partial charge is 0.306 e. The Morgan fingerprint density at radius 3 is 2.72 bits per heavy atom. The first kappa shape index (κ1) is 13.3. The standard InChI is InChI=1S/C13H17BrN2O2/c1-8-6-7-15-12(11(8)14)16-10-4-2-9(3-5-10)13(17)18/h6-7,9-10H,2-5H2,1H3,(H,15,16)(H,17,18). The van der Waals surface area contributed by atoms with Crippen LogP contribution in [0.25, 0.3) is 0 Å². The number of carbonyl (C=O) groups is 1. The zero-order valence-electron chi connectivity index (χ0n) is 10.3. The summed E-state index contributed by atoms with van der Waals surface area (Å²) in [4.78, 5) is 15.2. The lowest BCUT2D eigenvalue weighted by Gasteiger charge is -2.27. The van der Waals surface area contributed by atoms with Gasteiger partial charge in [0.2, 0.25) is 0 Å². The van der Waals surface area contributed by atoms with Gasteiger partial charge in [0, 0.05) is 12.2 Å². The third-order valence-corrected chi connectivity index (χ3v) is 4.50. The average Bonchev–Trinajstić information content (AvgIpc) is 2.36. The number of aromatic nitrogens is 1. The largest absolute Gasteiger partial charge is 0.481 e. The highest BCUT2D eigenvalue weighted by molar-refractivity contribution is 9.10. The normalized spacial score (nSPS) is 23.7. The van der Waals surface area contributed by atoms with Gasteiger partial charge < -0.3 is 10.4 Å². The van der Waals surface area contributed by atoms with Crippen LogP contribution in [0.3, 0.4) is 0 Å². The maximum atomic E-state index is 10.9. The molecule has 2 N–H and O–H groups in total. The second kappa shape index (κ2) is 5.69. The molecule has 0 unspecified atom stereocenters. The van der Waals surface area contributed by atoms with Gasteiger partial charge in [-0.1, -0.05) is 0 Å². The molecule has 98 valence electrons. The summed E-state index contributed by atoms with van der Waals surface area (Å²) in [6, 6.07) is 2.28. The average molecular weight is 313 g/mol. The summed E-state index contributed by atoms with van der Waals surface area (Å²) in [6.45, 7) is 2.03. The van der Waals surface area contributed by atoms with Crippen LogP contribution in [0.2, 0.25) is 0 Å². The molecular weight excluding hydrogens is 296 g/mol. The molecule has 2 rings (SSSR count). The van der Waals surface area contributed by atoms with Crippen molar-refractivity contribution in [2.24, 2.45) is 5.92 Å². The Kier molecular flexibility index (Phi) is 4.22. The third kappa shape index (κ3) is 3.02. The summed E-state index contributed by atoms with van der Waals surface area (Å²) in [5, 5.41) is 12.4. The Labute approximate surface area is 115 Å². The number of hydrogen-bond acceptors (Lipinski definition) is 3. The first-order valence-electron chi connectivity index (χ1n) is 6.18. The first-order chi connectivity index (χ1) is 8.58. The number of aryl methyl sites for hydroxylation is 1. The van der Waals surface area contributed by atoms with E-state index in [2.05, 4.69) is 26.2 Å². The monoisotopic (exact) mass is 312 g/mol. The summed E-state index contributed by atoms with van der Waals surface area (Å²) < 4.78 is 0.991. The molecule has 1 aliphatic carbocycles. The van der Waals surface area contributed by atoms with Crippen molar-refractivity contribution in [3.05, 3.63) is 22.3 Å². The van der Waals surface area contributed by atoms with Crippen molar-refractivity contribution in [1.82, 2.24) is 4.98 Å². The van der Waals surface area contributed by atoms with Gasteiger partial charge in [-0.05, 0) is 60.2 Å². The van der Waals surface area contributed by atoms with E-state index in [9.17, 15) is 4.79 Å². The van der Waals surface area contributed by atoms with Crippen LogP contribution in [0.1, 0.15) is 31.2 Å². The lowest BCUT2D eigenvalue weighted by Crippen LogP contribution is -2.29. The van der Waals surface area contributed by atoms with Gasteiger partial charge in [-0.25, -0.2) is 4.98 Å². The molecule has 1 fully saturated rings. The van der Waals surface area contributed by atoms with E-state index in [1.165, 1.54) is 0 Å². The fourth-order valence-electron chi connectivity index (χ4n) is 2.32. The quantitative estimate of drug-likeness (QED) is 0.899. The Balaban J connectivity index is 1.96. The summed E-state index contributed by atoms with van der Waals surface area (Å²) in [5.74, 6) is 0.0223. The van der Waals surface area contributed by atoms with E-state index in [4.69, 9.17) is 5.11 Å². The highest BCUT2D eigenvalue weighted by atomic mass is 79.9. The molecule has 0 aromatic carbocycles. The number of nitrogens with zero attached hydrogens (tertiary/aromatic N) is 1. The maximum absolute atomic E-state index is 10.9. The molecule has 1 aromatic rings. The Morgan fingerprint density at radius 2 is 2.11 bits per heavy atom. The summed E-state index contributed by atoms with van der Waals surface area (Å²) in [5.41, 5.74) is 1.15. The summed E-state index contributed by atoms with van der Waals surface area (Å²) in [6.07, 6.45) is 5.05. The lowest BCUT2D eigenvalue weighted by molar-refractivity contribution is -0.142. The predicted octanol–water partition coefficient (Wildman–Crippen LogP) is 3.21. The van der Waals surface area contributed by atoms with Crippen LogP contribution >= 0.6 is 15.9 Å². The predicted molar refractivity (Wildman–Crippen MR) is 73.7 cm³/mol. The van der Waals surface area contributed by atoms with Gasteiger partial charge in [0.25, 0.3) is 0 Å². The van der Waals surface area contributed by atoms with Crippen LogP contribution in [-0.2, 0) is 4.79 Å². The minimum Gasteiger partial charge on any atom is -0.481 e. The Hall–Kier alpha value is -1.10. The maximum Gasteiger partial charge on any atom is 0.306 e. The number of pyridine rings is 1. The van der Waals surface area contributed by atoms with Gasteiger partial charge in [0.05, 0.1) is 10.4 Å². The zero-order chi connectivity index (χ0) is 13.1. The number of carboxylic acid groups (broad SMARTS) is 1. The molecule has 4 nitrogen and oxygen atoms in total. The number of halogens is 1. The molecule has 0 atom stereocenters. The van der Waals surface area contributed by atoms with Gasteiger partial charge in [0.15, 0.2) is 0 Å². The number of carboxylic acids is 1. The van der Waals surface area contributed by atoms with Crippen LogP contribution < -0.4 is 5.32 Å². The molecule has 1 aliphatic rings. The van der Waals surface area contributed by atoms with Gasteiger partial charge >= 0.3 is 5.97 Å². The third-order valence-electron chi connectivity index (χ3n) is 3.50. The lowest BCUT2D eigenvalue weighted by atomic mass is 9.86. The second-order valence-corrected chi connectivity index (χ2v) is 5.61. The van der Waals surface area contributed by atoms with Crippen molar-refractivity contribution < 1.29 is 9.90 Å². The van der Waals surface area contributed by atoms with E-state index < -0.39 is 5.97 Å². The van der Waals surface area contributed by atoms with Gasteiger partial charge in [-0.15, -0.1) is 0 Å². The molecule has 0 spiro atoms. The molecule has 1 aromatic heterocycles. The van der Waals surface area contributed by atoms with Crippen LogP contribution in [0.4, 0.5) is 5.82 Å². The number of hydrogen-bond donors (Lipinski definition) is 2. The first-order valence-corrected chi connectivity index (χ1v) is 6.97. The van der Waals surface area contributed by atoms with E-state index in [0.29, 0.717) is 6.04 Å². The number of rotatable bonds is 3. The van der Waals surface area contributed by atoms with Crippen LogP contribution in [0, 0.1) is 12.8 Å². The summed E-state index contributed by atoms with van der Waals surface area (Å²) in [7, 11) is 0. The molecule has 0 radical (unpaired) electrons. The zero-order valence-corrected chi connectivity index (χ0v) is 11.9. The fraction of sp³-hybridized carbons (Fsp3) is 0.538. The van der Waals surface area contributed by atoms with E-state index in [1.807, 2.05) is 13.0 Å². The van der Waals surface area contributed by atoms with Crippen molar-refractivity contribution in [2.75, 3.05) is 5.32 Å². The second-order valence-electron chi connectivity index (χ2n) is 4.82. The van der Waals surface area contributed by atoms with E-state index in [-0.39, 0.29) is 5.92 Å². The van der Waals surface area contributed by atoms with Crippen molar-refractivity contribution >= 4 is 27.7 Å². The highest BCUT2D eigenvalue weighted by Crippen LogP contribution is 2.29. The number of aliphatic carboxylic acids is 1. The minimum absolute atomic E-state index is 0.169. The molecule has 5 heteroatoms. The van der Waals surface area contributed by atoms with Gasteiger partial charge in [-0.2, -0.15) is 0 Å². The van der Waals surface area contributed by atoms with Crippen molar-refractivity contribution in [3.63, 3.8) is 0 Å². The van der Waals surface area contributed by atoms with Crippen molar-refractivity contribution in [3.8, 4) is 0 Å². The van der Waals surface area contributed by atoms with Crippen LogP contribution in [0.5, 0.6) is 0 Å². The van der Waals surface area contributed by atoms with E-state index in [1.54, 1.807) is 6.20 Å². The van der Waals surface area contributed by atoms with Crippen molar-refractivity contribution in [1.29, 1.82) is 0 Å². The topological polar surface area (TPSA) is 62.2 Å². The highest BCUT2D eigenvalue weighted by Gasteiger charge is 2.26. The molecule has 0 saturated heterocycles. The molecule has 18 heavy (non-hydrogen) atoms. The van der Waals surface area contributed by atoms with Crippen LogP contribution in [-0.4, -0.2) is 22.1 Å². The molecule has 0 amide bonds. The van der Waals surface area contributed by atoms with Gasteiger partial charge in [0.1, 0.15) is 5.82 Å². The Morgan fingerprint density at radius 1 is 1.44 bits per heavy atom. The van der Waals surface area contributed by atoms with E-state index in [0.717, 1.165) is 41.5 Å². The fourth-order valence-corrected chi connectivity index (χ4v) is 2.67. The van der Waals surface area contributed by atoms with E-state index >= 15 is 0 Å². The summed E-state index contributed by atoms with van der Waals surface area (Å²) >= 11 is 3.52. The molecular formula is C13H17BrN2O2. The molecule has 0 aliphatic heterocycles. The number of nitrogens with one attached hydrogen (secondary N) is 1.